The molecule has 2 aromatic rings. The molecule has 0 saturated carbocycles. The molecule has 0 atom stereocenters. The lowest BCUT2D eigenvalue weighted by atomic mass is 10.1. The Bertz CT molecular complexity index is 505. The van der Waals surface area contributed by atoms with E-state index in [1.54, 1.807) is 0 Å². The number of benzene rings is 1. The first-order chi connectivity index (χ1) is 8.20. The van der Waals surface area contributed by atoms with Crippen LogP contribution in [-0.4, -0.2) is 14.9 Å². The molecule has 0 amide bonds. The molecule has 0 unspecified atom stereocenters. The Labute approximate surface area is 101 Å². The number of aromatic nitrogens is 2. The van der Waals surface area contributed by atoms with Gasteiger partial charge < -0.3 is 10.4 Å². The molecular formula is C13H17N3O. The van der Waals surface area contributed by atoms with Crippen molar-refractivity contribution in [3.63, 3.8) is 0 Å². The molecule has 0 aliphatic heterocycles. The fourth-order valence-corrected chi connectivity index (χ4v) is 1.68. The highest BCUT2D eigenvalue weighted by Crippen LogP contribution is 2.22. The van der Waals surface area contributed by atoms with Crippen LogP contribution in [-0.2, 0) is 13.1 Å². The van der Waals surface area contributed by atoms with Gasteiger partial charge in [-0.3, -0.25) is 4.68 Å². The minimum absolute atomic E-state index is 0.356. The molecule has 4 heteroatoms. The highest BCUT2D eigenvalue weighted by atomic mass is 16.3. The number of phenols is 1. The quantitative estimate of drug-likeness (QED) is 0.850. The van der Waals surface area contributed by atoms with Crippen LogP contribution < -0.4 is 5.32 Å². The van der Waals surface area contributed by atoms with Gasteiger partial charge in [-0.2, -0.15) is 5.10 Å². The van der Waals surface area contributed by atoms with E-state index in [1.165, 1.54) is 0 Å². The Balaban J connectivity index is 2.04. The summed E-state index contributed by atoms with van der Waals surface area (Å²) in [5, 5.41) is 17.4. The molecule has 4 nitrogen and oxygen atoms in total. The maximum atomic E-state index is 9.86. The Hall–Kier alpha value is -1.97. The lowest BCUT2D eigenvalue weighted by Gasteiger charge is -2.07. The molecular weight excluding hydrogens is 214 g/mol. The summed E-state index contributed by atoms with van der Waals surface area (Å²) in [5.74, 6) is 1.18. The molecule has 0 fully saturated rings. The molecule has 0 aliphatic carbocycles. The number of hydrogen-bond acceptors (Lipinski definition) is 3. The van der Waals surface area contributed by atoms with E-state index in [0.717, 1.165) is 23.5 Å². The molecule has 2 rings (SSSR count). The van der Waals surface area contributed by atoms with Crippen molar-refractivity contribution in [2.75, 3.05) is 5.32 Å². The Kier molecular flexibility index (Phi) is 3.32. The van der Waals surface area contributed by atoms with Crippen LogP contribution in [0.25, 0.3) is 0 Å². The largest absolute Gasteiger partial charge is 0.507 e. The van der Waals surface area contributed by atoms with Crippen LogP contribution in [0.15, 0.2) is 30.5 Å². The molecule has 0 bridgehead atoms. The first kappa shape index (κ1) is 11.5. The van der Waals surface area contributed by atoms with Crippen LogP contribution in [0.4, 0.5) is 5.82 Å². The van der Waals surface area contributed by atoms with E-state index in [0.29, 0.717) is 12.3 Å². The predicted octanol–water partition coefficient (Wildman–Crippen LogP) is 2.53. The van der Waals surface area contributed by atoms with Gasteiger partial charge in [-0.25, -0.2) is 0 Å². The van der Waals surface area contributed by atoms with Crippen molar-refractivity contribution in [1.29, 1.82) is 0 Å². The number of phenolic OH excluding ortho intramolecular Hbond substituents is 1. The second-order valence-electron chi connectivity index (χ2n) is 3.99. The van der Waals surface area contributed by atoms with Crippen LogP contribution in [0.5, 0.6) is 5.75 Å². The first-order valence-corrected chi connectivity index (χ1v) is 5.75. The van der Waals surface area contributed by atoms with Gasteiger partial charge in [0.1, 0.15) is 11.6 Å². The molecule has 0 aliphatic rings. The number of anilines is 1. The number of nitrogens with one attached hydrogen (secondary N) is 1. The van der Waals surface area contributed by atoms with Gasteiger partial charge in [0.15, 0.2) is 0 Å². The molecule has 0 radical (unpaired) electrons. The highest BCUT2D eigenvalue weighted by Gasteiger charge is 2.04. The zero-order valence-electron chi connectivity index (χ0n) is 10.1. The molecule has 90 valence electrons. The van der Waals surface area contributed by atoms with Crippen molar-refractivity contribution in [2.45, 2.75) is 26.9 Å². The van der Waals surface area contributed by atoms with Crippen molar-refractivity contribution in [3.05, 3.63) is 41.6 Å². The molecule has 1 heterocycles. The average molecular weight is 231 g/mol. The van der Waals surface area contributed by atoms with Crippen molar-refractivity contribution in [1.82, 2.24) is 9.78 Å². The topological polar surface area (TPSA) is 50.1 Å². The highest BCUT2D eigenvalue weighted by molar-refractivity contribution is 5.42. The van der Waals surface area contributed by atoms with E-state index in [2.05, 4.69) is 10.4 Å². The summed E-state index contributed by atoms with van der Waals surface area (Å²) in [6.45, 7) is 5.37. The van der Waals surface area contributed by atoms with E-state index in [9.17, 15) is 5.11 Å². The third-order valence-corrected chi connectivity index (χ3v) is 2.75. The summed E-state index contributed by atoms with van der Waals surface area (Å²) in [6, 6.07) is 7.67. The zero-order chi connectivity index (χ0) is 12.3. The molecule has 17 heavy (non-hydrogen) atoms. The lowest BCUT2D eigenvalue weighted by Crippen LogP contribution is -2.02. The molecule has 2 N–H and O–H groups in total. The second-order valence-corrected chi connectivity index (χ2v) is 3.99. The monoisotopic (exact) mass is 231 g/mol. The van der Waals surface area contributed by atoms with Gasteiger partial charge in [-0.15, -0.1) is 0 Å². The van der Waals surface area contributed by atoms with E-state index >= 15 is 0 Å². The normalized spacial score (nSPS) is 10.5. The third-order valence-electron chi connectivity index (χ3n) is 2.75. The number of nitrogens with zero attached hydrogens (tertiary/aromatic N) is 2. The Morgan fingerprint density at radius 3 is 2.88 bits per heavy atom. The maximum absolute atomic E-state index is 9.86. The van der Waals surface area contributed by atoms with Gasteiger partial charge >= 0.3 is 0 Å². The van der Waals surface area contributed by atoms with Crippen molar-refractivity contribution < 1.29 is 5.11 Å². The first-order valence-electron chi connectivity index (χ1n) is 5.75. The molecule has 0 saturated heterocycles. The minimum atomic E-state index is 0.356. The van der Waals surface area contributed by atoms with Gasteiger partial charge in [-0.05, 0) is 19.4 Å². The van der Waals surface area contributed by atoms with Crippen LogP contribution in [0.3, 0.4) is 0 Å². The van der Waals surface area contributed by atoms with Gasteiger partial charge in [0.2, 0.25) is 0 Å². The van der Waals surface area contributed by atoms with Gasteiger partial charge in [0.05, 0.1) is 0 Å². The van der Waals surface area contributed by atoms with Crippen LogP contribution in [0.1, 0.15) is 18.1 Å². The van der Waals surface area contributed by atoms with Crippen molar-refractivity contribution >= 4 is 5.82 Å². The molecule has 1 aromatic heterocycles. The van der Waals surface area contributed by atoms with E-state index < -0.39 is 0 Å². The van der Waals surface area contributed by atoms with Gasteiger partial charge in [0, 0.05) is 30.9 Å². The lowest BCUT2D eigenvalue weighted by molar-refractivity contribution is 0.465. The van der Waals surface area contributed by atoms with Crippen LogP contribution in [0.2, 0.25) is 0 Å². The summed E-state index contributed by atoms with van der Waals surface area (Å²) in [7, 11) is 0. The Morgan fingerprint density at radius 2 is 2.18 bits per heavy atom. The zero-order valence-corrected chi connectivity index (χ0v) is 10.1. The maximum Gasteiger partial charge on any atom is 0.148 e. The van der Waals surface area contributed by atoms with Crippen LogP contribution in [0, 0.1) is 6.92 Å². The summed E-state index contributed by atoms with van der Waals surface area (Å²) in [6.07, 6.45) is 1.93. The van der Waals surface area contributed by atoms with E-state index in [4.69, 9.17) is 0 Å². The number of para-hydroxylation sites is 1. The fraction of sp³-hybridized carbons (Fsp3) is 0.308. The molecule has 0 spiro atoms. The number of hydrogen-bond donors (Lipinski definition) is 2. The molecule has 1 aromatic carbocycles. The average Bonchev–Trinajstić information content (AvgIpc) is 2.79. The smallest absolute Gasteiger partial charge is 0.148 e. The van der Waals surface area contributed by atoms with E-state index in [-0.39, 0.29) is 0 Å². The van der Waals surface area contributed by atoms with Crippen LogP contribution >= 0.6 is 0 Å². The fourth-order valence-electron chi connectivity index (χ4n) is 1.68. The number of rotatable bonds is 4. The predicted molar refractivity (Wildman–Crippen MR) is 68.1 cm³/mol. The summed E-state index contributed by atoms with van der Waals surface area (Å²) >= 11 is 0. The summed E-state index contributed by atoms with van der Waals surface area (Å²) < 4.78 is 1.86. The van der Waals surface area contributed by atoms with Crippen molar-refractivity contribution in [2.24, 2.45) is 0 Å². The number of aryl methyl sites for hydroxylation is 2. The van der Waals surface area contributed by atoms with Gasteiger partial charge in [0.25, 0.3) is 0 Å². The Morgan fingerprint density at radius 1 is 1.35 bits per heavy atom. The SMILES string of the molecule is CCn1ccc(NCc2cccc(C)c2O)n1. The summed E-state index contributed by atoms with van der Waals surface area (Å²) in [4.78, 5) is 0. The third kappa shape index (κ3) is 2.58. The summed E-state index contributed by atoms with van der Waals surface area (Å²) in [5.41, 5.74) is 1.78. The van der Waals surface area contributed by atoms with Gasteiger partial charge in [-0.1, -0.05) is 18.2 Å². The number of aromatic hydroxyl groups is 1. The minimum Gasteiger partial charge on any atom is -0.507 e. The standard InChI is InChI=1S/C13H17N3O/c1-3-16-8-7-12(15-16)14-9-11-6-4-5-10(2)13(11)17/h4-8,17H,3,9H2,1-2H3,(H,14,15). The second kappa shape index (κ2) is 4.91. The van der Waals surface area contributed by atoms with Crippen molar-refractivity contribution in [3.8, 4) is 5.75 Å². The van der Waals surface area contributed by atoms with E-state index in [1.807, 2.05) is 49.0 Å².